The van der Waals surface area contributed by atoms with Crippen molar-refractivity contribution in [3.63, 3.8) is 0 Å². The van der Waals surface area contributed by atoms with E-state index < -0.39 is 0 Å². The molecule has 0 rings (SSSR count). The molecule has 0 bridgehead atoms. The third kappa shape index (κ3) is 23.4. The lowest BCUT2D eigenvalue weighted by Gasteiger charge is -2.01. The molecule has 0 aromatic heterocycles. The minimum atomic E-state index is -0.0366. The van der Waals surface area contributed by atoms with E-state index in [1.54, 1.807) is 12.2 Å². The van der Waals surface area contributed by atoms with E-state index in [1.165, 1.54) is 109 Å². The van der Waals surface area contributed by atoms with Crippen molar-refractivity contribution in [3.05, 3.63) is 24.1 Å². The van der Waals surface area contributed by atoms with Crippen molar-refractivity contribution >= 4 is 0 Å². The van der Waals surface area contributed by atoms with Crippen LogP contribution in [0.25, 0.3) is 0 Å². The van der Waals surface area contributed by atoms with E-state index in [9.17, 15) is 4.39 Å². The molecule has 0 aromatic rings. The van der Waals surface area contributed by atoms with Gasteiger partial charge in [-0.2, -0.15) is 0 Å². The number of hydrogen-bond acceptors (Lipinski definition) is 0. The Bertz CT molecular complexity index is 329. The summed E-state index contributed by atoms with van der Waals surface area (Å²) in [5, 5.41) is 0. The van der Waals surface area contributed by atoms with Gasteiger partial charge in [0.15, 0.2) is 0 Å². The highest BCUT2D eigenvalue weighted by molar-refractivity contribution is 5.10. The molecule has 0 N–H and O–H groups in total. The van der Waals surface area contributed by atoms with Gasteiger partial charge < -0.3 is 0 Å². The van der Waals surface area contributed by atoms with Gasteiger partial charge in [-0.1, -0.05) is 123 Å². The second-order valence-electron chi connectivity index (χ2n) is 8.23. The first kappa shape index (κ1) is 26.4. The molecule has 0 saturated carbocycles. The van der Waals surface area contributed by atoms with Crippen LogP contribution in [0.4, 0.5) is 4.39 Å². The average molecular weight is 381 g/mol. The van der Waals surface area contributed by atoms with Crippen molar-refractivity contribution in [2.24, 2.45) is 0 Å². The molecule has 0 atom stereocenters. The van der Waals surface area contributed by atoms with Gasteiger partial charge in [-0.15, -0.1) is 0 Å². The van der Waals surface area contributed by atoms with E-state index in [2.05, 4.69) is 13.8 Å². The van der Waals surface area contributed by atoms with Crippen LogP contribution in [0.3, 0.4) is 0 Å². The maximum atomic E-state index is 13.7. The van der Waals surface area contributed by atoms with Crippen molar-refractivity contribution in [2.75, 3.05) is 0 Å². The molecule has 0 nitrogen and oxygen atoms in total. The van der Waals surface area contributed by atoms with Crippen LogP contribution < -0.4 is 0 Å². The lowest BCUT2D eigenvalue weighted by atomic mass is 10.1. The SMILES string of the molecule is CCCCCCCCCCC=CC(F)=CCCCCCCCCCCCC. The fraction of sp³-hybridized carbons (Fsp3) is 0.846. The van der Waals surface area contributed by atoms with Gasteiger partial charge in [-0.3, -0.25) is 0 Å². The van der Waals surface area contributed by atoms with E-state index in [1.807, 2.05) is 6.08 Å². The number of allylic oxidation sites excluding steroid dienone is 4. The standard InChI is InChI=1S/C26H49F/c1-3-5-7-9-11-13-15-17-19-21-23-25-26(27)24-22-20-18-16-14-12-10-8-6-4-2/h22,24-25H,3-21,23H2,1-2H3. The second-order valence-corrected chi connectivity index (χ2v) is 8.23. The summed E-state index contributed by atoms with van der Waals surface area (Å²) >= 11 is 0. The quantitative estimate of drug-likeness (QED) is 0.137. The summed E-state index contributed by atoms with van der Waals surface area (Å²) in [5.74, 6) is -0.0366. The molecule has 0 amide bonds. The number of halogens is 1. The number of rotatable bonds is 21. The highest BCUT2D eigenvalue weighted by atomic mass is 19.1. The highest BCUT2D eigenvalue weighted by Crippen LogP contribution is 2.13. The lowest BCUT2D eigenvalue weighted by molar-refractivity contribution is 0.556. The van der Waals surface area contributed by atoms with Crippen LogP contribution in [0.1, 0.15) is 142 Å². The first-order valence-corrected chi connectivity index (χ1v) is 12.3. The Morgan fingerprint density at radius 3 is 1.33 bits per heavy atom. The third-order valence-corrected chi connectivity index (χ3v) is 5.40. The van der Waals surface area contributed by atoms with Crippen LogP contribution in [0.2, 0.25) is 0 Å². The Morgan fingerprint density at radius 1 is 0.519 bits per heavy atom. The molecule has 160 valence electrons. The molecule has 1 heteroatoms. The Morgan fingerprint density at radius 2 is 0.889 bits per heavy atom. The van der Waals surface area contributed by atoms with E-state index in [4.69, 9.17) is 0 Å². The van der Waals surface area contributed by atoms with Gasteiger partial charge >= 0.3 is 0 Å². The Hall–Kier alpha value is -0.590. The molecule has 0 heterocycles. The Balaban J connectivity index is 3.33. The molecule has 0 radical (unpaired) electrons. The molecule has 0 aliphatic carbocycles. The van der Waals surface area contributed by atoms with Crippen molar-refractivity contribution in [1.29, 1.82) is 0 Å². The number of unbranched alkanes of at least 4 members (excludes halogenated alkanes) is 18. The van der Waals surface area contributed by atoms with Crippen molar-refractivity contribution in [2.45, 2.75) is 142 Å². The zero-order valence-corrected chi connectivity index (χ0v) is 18.8. The molecule has 0 aliphatic heterocycles. The summed E-state index contributed by atoms with van der Waals surface area (Å²) < 4.78 is 13.7. The van der Waals surface area contributed by atoms with Crippen LogP contribution in [0.5, 0.6) is 0 Å². The minimum absolute atomic E-state index is 0.0366. The zero-order valence-electron chi connectivity index (χ0n) is 18.8. The van der Waals surface area contributed by atoms with Crippen molar-refractivity contribution < 1.29 is 4.39 Å². The summed E-state index contributed by atoms with van der Waals surface area (Å²) in [6, 6.07) is 0. The normalized spacial score (nSPS) is 12.3. The average Bonchev–Trinajstić information content (AvgIpc) is 2.67. The zero-order chi connectivity index (χ0) is 19.8. The van der Waals surface area contributed by atoms with Gasteiger partial charge in [-0.25, -0.2) is 4.39 Å². The maximum Gasteiger partial charge on any atom is 0.118 e. The van der Waals surface area contributed by atoms with Gasteiger partial charge in [0.25, 0.3) is 0 Å². The Labute approximate surface area is 171 Å². The minimum Gasteiger partial charge on any atom is -0.207 e. The lowest BCUT2D eigenvalue weighted by Crippen LogP contribution is -1.81. The van der Waals surface area contributed by atoms with Gasteiger partial charge in [0.2, 0.25) is 0 Å². The Kier molecular flexibility index (Phi) is 22.9. The predicted octanol–water partition coefficient (Wildman–Crippen LogP) is 10.2. The maximum absolute atomic E-state index is 13.7. The molecule has 0 fully saturated rings. The second kappa shape index (κ2) is 23.4. The topological polar surface area (TPSA) is 0 Å². The van der Waals surface area contributed by atoms with Gasteiger partial charge in [0.1, 0.15) is 5.83 Å². The highest BCUT2D eigenvalue weighted by Gasteiger charge is 1.94. The fourth-order valence-corrected chi connectivity index (χ4v) is 3.53. The molecule has 0 unspecified atom stereocenters. The van der Waals surface area contributed by atoms with E-state index >= 15 is 0 Å². The molecule has 0 aliphatic rings. The molecule has 27 heavy (non-hydrogen) atoms. The van der Waals surface area contributed by atoms with Crippen molar-refractivity contribution in [3.8, 4) is 0 Å². The molecule has 0 spiro atoms. The summed E-state index contributed by atoms with van der Waals surface area (Å²) in [6.07, 6.45) is 31.5. The number of hydrogen-bond donors (Lipinski definition) is 0. The smallest absolute Gasteiger partial charge is 0.118 e. The van der Waals surface area contributed by atoms with E-state index in [0.29, 0.717) is 0 Å². The monoisotopic (exact) mass is 380 g/mol. The van der Waals surface area contributed by atoms with Gasteiger partial charge in [0.05, 0.1) is 0 Å². The van der Waals surface area contributed by atoms with Crippen LogP contribution in [-0.4, -0.2) is 0 Å². The van der Waals surface area contributed by atoms with Crippen LogP contribution in [-0.2, 0) is 0 Å². The fourth-order valence-electron chi connectivity index (χ4n) is 3.53. The van der Waals surface area contributed by atoms with Crippen molar-refractivity contribution in [1.82, 2.24) is 0 Å². The van der Waals surface area contributed by atoms with Gasteiger partial charge in [0, 0.05) is 0 Å². The van der Waals surface area contributed by atoms with E-state index in [-0.39, 0.29) is 5.83 Å². The molecule has 0 saturated heterocycles. The summed E-state index contributed by atoms with van der Waals surface area (Å²) in [6.45, 7) is 4.53. The van der Waals surface area contributed by atoms with Gasteiger partial charge in [-0.05, 0) is 37.8 Å². The predicted molar refractivity (Wildman–Crippen MR) is 122 cm³/mol. The molecule has 0 aromatic carbocycles. The van der Waals surface area contributed by atoms with E-state index in [0.717, 1.165) is 19.3 Å². The molecular weight excluding hydrogens is 331 g/mol. The first-order valence-electron chi connectivity index (χ1n) is 12.3. The largest absolute Gasteiger partial charge is 0.207 e. The summed E-state index contributed by atoms with van der Waals surface area (Å²) in [4.78, 5) is 0. The molecular formula is C26H49F. The summed E-state index contributed by atoms with van der Waals surface area (Å²) in [5.41, 5.74) is 0. The summed E-state index contributed by atoms with van der Waals surface area (Å²) in [7, 11) is 0. The third-order valence-electron chi connectivity index (χ3n) is 5.40. The van der Waals surface area contributed by atoms with Crippen LogP contribution in [0, 0.1) is 0 Å². The van der Waals surface area contributed by atoms with Crippen LogP contribution in [0.15, 0.2) is 24.1 Å². The first-order chi connectivity index (χ1) is 13.3. The van der Waals surface area contributed by atoms with Crippen LogP contribution >= 0.6 is 0 Å².